The van der Waals surface area contributed by atoms with Gasteiger partial charge in [-0.25, -0.2) is 4.98 Å². The maximum Gasteiger partial charge on any atom is 0.0947 e. The van der Waals surface area contributed by atoms with Crippen molar-refractivity contribution in [2.45, 2.75) is 6.04 Å². The minimum absolute atomic E-state index is 0.341. The van der Waals surface area contributed by atoms with E-state index in [1.807, 2.05) is 24.9 Å². The lowest BCUT2D eigenvalue weighted by atomic mass is 10.1. The van der Waals surface area contributed by atoms with Gasteiger partial charge in [0, 0.05) is 20.3 Å². The van der Waals surface area contributed by atoms with E-state index in [1.165, 1.54) is 0 Å². The van der Waals surface area contributed by atoms with Crippen LogP contribution in [-0.4, -0.2) is 19.3 Å². The summed E-state index contributed by atoms with van der Waals surface area (Å²) in [7, 11) is 3.71. The molecule has 2 aromatic rings. The average Bonchev–Trinajstić information content (AvgIpc) is 2.73. The fourth-order valence-corrected chi connectivity index (χ4v) is 1.79. The Hall–Kier alpha value is -1.33. The summed E-state index contributed by atoms with van der Waals surface area (Å²) in [6, 6.07) is -0.341. The fourth-order valence-electron chi connectivity index (χ4n) is 1.50. The SMILES string of the molecule is Cn1cnc(C(N)c2c(Cl)cnn2C)c1. The Bertz CT molecular complexity index is 453. The molecule has 2 N–H and O–H groups in total. The monoisotopic (exact) mass is 225 g/mol. The van der Waals surface area contributed by atoms with Gasteiger partial charge in [0.25, 0.3) is 0 Å². The lowest BCUT2D eigenvalue weighted by Gasteiger charge is -2.09. The van der Waals surface area contributed by atoms with Crippen LogP contribution in [0.3, 0.4) is 0 Å². The summed E-state index contributed by atoms with van der Waals surface area (Å²) >= 11 is 6.00. The van der Waals surface area contributed by atoms with Crippen molar-refractivity contribution in [3.63, 3.8) is 0 Å². The summed E-state index contributed by atoms with van der Waals surface area (Å²) in [5, 5.41) is 4.61. The van der Waals surface area contributed by atoms with E-state index in [0.29, 0.717) is 5.02 Å². The number of nitrogens with zero attached hydrogens (tertiary/aromatic N) is 4. The van der Waals surface area contributed by atoms with Crippen LogP contribution in [0, 0.1) is 0 Å². The van der Waals surface area contributed by atoms with Crippen LogP contribution in [0.5, 0.6) is 0 Å². The van der Waals surface area contributed by atoms with E-state index in [9.17, 15) is 0 Å². The fraction of sp³-hybridized carbons (Fsp3) is 0.333. The second kappa shape index (κ2) is 3.67. The summed E-state index contributed by atoms with van der Waals surface area (Å²) < 4.78 is 3.52. The largest absolute Gasteiger partial charge is 0.340 e. The summed E-state index contributed by atoms with van der Waals surface area (Å²) in [6.45, 7) is 0. The molecule has 6 heteroatoms. The normalized spacial score (nSPS) is 13.1. The van der Waals surface area contributed by atoms with Gasteiger partial charge in [-0.15, -0.1) is 0 Å². The van der Waals surface area contributed by atoms with E-state index in [1.54, 1.807) is 17.2 Å². The number of aryl methyl sites for hydroxylation is 2. The van der Waals surface area contributed by atoms with Crippen molar-refractivity contribution < 1.29 is 0 Å². The zero-order valence-corrected chi connectivity index (χ0v) is 9.31. The standard InChI is InChI=1S/C9H12ClN5/c1-14-4-7(12-5-14)8(11)9-6(10)3-13-15(9)2/h3-5,8H,11H2,1-2H3. The van der Waals surface area contributed by atoms with E-state index in [4.69, 9.17) is 17.3 Å². The Morgan fingerprint density at radius 3 is 2.67 bits per heavy atom. The van der Waals surface area contributed by atoms with Crippen LogP contribution in [0.25, 0.3) is 0 Å². The minimum atomic E-state index is -0.341. The predicted molar refractivity (Wildman–Crippen MR) is 57.5 cm³/mol. The quantitative estimate of drug-likeness (QED) is 0.825. The molecule has 0 aromatic carbocycles. The van der Waals surface area contributed by atoms with Gasteiger partial charge in [0.05, 0.1) is 35.0 Å². The molecule has 1 unspecified atom stereocenters. The highest BCUT2D eigenvalue weighted by Gasteiger charge is 2.18. The molecule has 1 atom stereocenters. The first-order chi connectivity index (χ1) is 7.09. The second-order valence-corrected chi connectivity index (χ2v) is 3.85. The first-order valence-electron chi connectivity index (χ1n) is 4.50. The molecule has 0 aliphatic heterocycles. The third kappa shape index (κ3) is 1.75. The number of hydrogen-bond acceptors (Lipinski definition) is 3. The van der Waals surface area contributed by atoms with Crippen LogP contribution >= 0.6 is 11.6 Å². The van der Waals surface area contributed by atoms with Gasteiger partial charge in [-0.3, -0.25) is 4.68 Å². The molecule has 0 fully saturated rings. The third-order valence-corrected chi connectivity index (χ3v) is 2.57. The zero-order chi connectivity index (χ0) is 11.0. The van der Waals surface area contributed by atoms with Crippen molar-refractivity contribution >= 4 is 11.6 Å². The topological polar surface area (TPSA) is 61.7 Å². The van der Waals surface area contributed by atoms with Crippen LogP contribution in [0.4, 0.5) is 0 Å². The highest BCUT2D eigenvalue weighted by atomic mass is 35.5. The lowest BCUT2D eigenvalue weighted by Crippen LogP contribution is -2.16. The maximum atomic E-state index is 6.05. The Balaban J connectivity index is 2.40. The zero-order valence-electron chi connectivity index (χ0n) is 8.55. The van der Waals surface area contributed by atoms with Gasteiger partial charge < -0.3 is 10.3 Å². The molecule has 0 spiro atoms. The number of hydrogen-bond donors (Lipinski definition) is 1. The molecule has 0 radical (unpaired) electrons. The lowest BCUT2D eigenvalue weighted by molar-refractivity contribution is 0.665. The minimum Gasteiger partial charge on any atom is -0.340 e. The smallest absolute Gasteiger partial charge is 0.0947 e. The Morgan fingerprint density at radius 2 is 2.20 bits per heavy atom. The molecule has 0 aliphatic carbocycles. The number of imidazole rings is 1. The van der Waals surface area contributed by atoms with Crippen molar-refractivity contribution in [2.75, 3.05) is 0 Å². The van der Waals surface area contributed by atoms with Crippen molar-refractivity contribution in [3.05, 3.63) is 35.1 Å². The Morgan fingerprint density at radius 1 is 1.47 bits per heavy atom. The van der Waals surface area contributed by atoms with Gasteiger partial charge in [0.1, 0.15) is 0 Å². The molecular formula is C9H12ClN5. The highest BCUT2D eigenvalue weighted by Crippen LogP contribution is 2.24. The third-order valence-electron chi connectivity index (χ3n) is 2.28. The van der Waals surface area contributed by atoms with Crippen LogP contribution in [0.15, 0.2) is 18.7 Å². The molecule has 0 aliphatic rings. The molecule has 15 heavy (non-hydrogen) atoms. The molecule has 2 rings (SSSR count). The van der Waals surface area contributed by atoms with Gasteiger partial charge in [-0.1, -0.05) is 11.6 Å². The van der Waals surface area contributed by atoms with Crippen molar-refractivity contribution in [2.24, 2.45) is 19.8 Å². The number of rotatable bonds is 2. The summed E-state index contributed by atoms with van der Waals surface area (Å²) in [4.78, 5) is 4.19. The van der Waals surface area contributed by atoms with Crippen LogP contribution in [0.2, 0.25) is 5.02 Å². The predicted octanol–water partition coefficient (Wildman–Crippen LogP) is 0.855. The van der Waals surface area contributed by atoms with E-state index in [-0.39, 0.29) is 6.04 Å². The summed E-state index contributed by atoms with van der Waals surface area (Å²) in [6.07, 6.45) is 5.16. The Labute approximate surface area is 92.5 Å². The van der Waals surface area contributed by atoms with Crippen molar-refractivity contribution in [3.8, 4) is 0 Å². The number of halogens is 1. The summed E-state index contributed by atoms with van der Waals surface area (Å²) in [5.74, 6) is 0. The van der Waals surface area contributed by atoms with Gasteiger partial charge in [-0.2, -0.15) is 5.10 Å². The van der Waals surface area contributed by atoms with Gasteiger partial charge >= 0.3 is 0 Å². The first kappa shape index (κ1) is 10.2. The highest BCUT2D eigenvalue weighted by molar-refractivity contribution is 6.31. The molecular weight excluding hydrogens is 214 g/mol. The summed E-state index contributed by atoms with van der Waals surface area (Å²) in [5.41, 5.74) is 7.61. The number of aromatic nitrogens is 4. The molecule has 0 saturated heterocycles. The van der Waals surface area contributed by atoms with E-state index < -0.39 is 0 Å². The molecule has 80 valence electrons. The molecule has 2 aromatic heterocycles. The second-order valence-electron chi connectivity index (χ2n) is 3.44. The van der Waals surface area contributed by atoms with Crippen molar-refractivity contribution in [1.29, 1.82) is 0 Å². The molecule has 0 saturated carbocycles. The van der Waals surface area contributed by atoms with E-state index in [0.717, 1.165) is 11.4 Å². The Kier molecular flexibility index (Phi) is 2.50. The van der Waals surface area contributed by atoms with E-state index in [2.05, 4.69) is 10.1 Å². The van der Waals surface area contributed by atoms with Crippen LogP contribution in [-0.2, 0) is 14.1 Å². The molecule has 2 heterocycles. The van der Waals surface area contributed by atoms with Crippen molar-refractivity contribution in [1.82, 2.24) is 19.3 Å². The molecule has 0 bridgehead atoms. The van der Waals surface area contributed by atoms with Crippen LogP contribution in [0.1, 0.15) is 17.4 Å². The van der Waals surface area contributed by atoms with Crippen LogP contribution < -0.4 is 5.73 Å². The average molecular weight is 226 g/mol. The van der Waals surface area contributed by atoms with Gasteiger partial charge in [0.15, 0.2) is 0 Å². The number of nitrogens with two attached hydrogens (primary N) is 1. The van der Waals surface area contributed by atoms with E-state index >= 15 is 0 Å². The molecule has 0 amide bonds. The van der Waals surface area contributed by atoms with Gasteiger partial charge in [0.2, 0.25) is 0 Å². The molecule has 5 nitrogen and oxygen atoms in total. The maximum absolute atomic E-state index is 6.05. The van der Waals surface area contributed by atoms with Gasteiger partial charge in [-0.05, 0) is 0 Å². The first-order valence-corrected chi connectivity index (χ1v) is 4.88.